The Bertz CT molecular complexity index is 2860. The van der Waals surface area contributed by atoms with Crippen molar-refractivity contribution in [3.05, 3.63) is 198 Å². The maximum absolute atomic E-state index is 6.22. The van der Waals surface area contributed by atoms with Crippen molar-refractivity contribution in [3.8, 4) is 33.4 Å². The third kappa shape index (κ3) is 5.91. The molecule has 0 radical (unpaired) electrons. The summed E-state index contributed by atoms with van der Waals surface area (Å²) in [5, 5.41) is 4.58. The van der Waals surface area contributed by atoms with Gasteiger partial charge in [-0.1, -0.05) is 152 Å². The van der Waals surface area contributed by atoms with Crippen LogP contribution in [-0.2, 0) is 6.42 Å². The van der Waals surface area contributed by atoms with Gasteiger partial charge in [-0.3, -0.25) is 0 Å². The summed E-state index contributed by atoms with van der Waals surface area (Å²) in [5.74, 6) is 1.42. The second kappa shape index (κ2) is 13.4. The van der Waals surface area contributed by atoms with Crippen LogP contribution in [0.15, 0.2) is 179 Å². The molecule has 264 valence electrons. The Morgan fingerprint density at radius 3 is 1.51 bits per heavy atom. The molecule has 55 heavy (non-hydrogen) atoms. The first-order valence-electron chi connectivity index (χ1n) is 19.4. The number of allylic oxidation sites excluding steroid dienone is 1. The van der Waals surface area contributed by atoms with Gasteiger partial charge in [-0.2, -0.15) is 0 Å². The van der Waals surface area contributed by atoms with Crippen LogP contribution in [0.3, 0.4) is 0 Å². The number of hydrogen-bond donors (Lipinski definition) is 0. The lowest BCUT2D eigenvalue weighted by Crippen LogP contribution is -2.04. The molecule has 2 nitrogen and oxygen atoms in total. The molecule has 3 unspecified atom stereocenters. The van der Waals surface area contributed by atoms with E-state index >= 15 is 0 Å². The molecule has 2 aromatic heterocycles. The zero-order valence-corrected chi connectivity index (χ0v) is 31.1. The van der Waals surface area contributed by atoms with Crippen molar-refractivity contribution in [1.82, 2.24) is 0 Å². The predicted molar refractivity (Wildman–Crippen MR) is 230 cm³/mol. The van der Waals surface area contributed by atoms with Gasteiger partial charge in [-0.05, 0) is 87.2 Å². The molecule has 3 atom stereocenters. The molecule has 11 rings (SSSR count). The van der Waals surface area contributed by atoms with Gasteiger partial charge < -0.3 is 8.83 Å². The first-order valence-corrected chi connectivity index (χ1v) is 20.3. The average Bonchev–Trinajstić information content (AvgIpc) is 3.99. The molecule has 0 amide bonds. The van der Waals surface area contributed by atoms with Crippen molar-refractivity contribution in [3.63, 3.8) is 0 Å². The lowest BCUT2D eigenvalue weighted by Gasteiger charge is -2.17. The second-order valence-corrected chi connectivity index (χ2v) is 16.5. The standard InChI is InChI=1S/C52H38O2S/c1-3-7-47-43(5-1)45-27-25-41(31-49(45)53-47)37-13-9-33(10-14-37)35-17-21-39(22-18-35)51-29-30-52(55-51)40-23-19-36(20-24-40)34-11-15-38(16-12-34)42-26-28-46-44-6-2-4-8-48(44)54-50(46)32-42/h1-28,31,42,51-52H,29-30,32H2. The summed E-state index contributed by atoms with van der Waals surface area (Å²) in [6, 6.07) is 59.7. The van der Waals surface area contributed by atoms with Crippen LogP contribution >= 0.6 is 11.8 Å². The third-order valence-corrected chi connectivity index (χ3v) is 13.5. The molecule has 3 heterocycles. The highest BCUT2D eigenvalue weighted by atomic mass is 32.2. The van der Waals surface area contributed by atoms with Crippen LogP contribution in [0.5, 0.6) is 0 Å². The zero-order valence-electron chi connectivity index (χ0n) is 30.3. The highest BCUT2D eigenvalue weighted by Crippen LogP contribution is 2.53. The van der Waals surface area contributed by atoms with Crippen molar-refractivity contribution in [1.29, 1.82) is 0 Å². The van der Waals surface area contributed by atoms with Gasteiger partial charge >= 0.3 is 0 Å². The number of para-hydroxylation sites is 2. The van der Waals surface area contributed by atoms with Crippen LogP contribution in [0.2, 0.25) is 0 Å². The molecule has 0 saturated carbocycles. The fraction of sp³-hybridized carbons (Fsp3) is 0.115. The second-order valence-electron chi connectivity index (χ2n) is 15.0. The summed E-state index contributed by atoms with van der Waals surface area (Å²) in [7, 11) is 0. The number of furan rings is 2. The van der Waals surface area contributed by atoms with E-state index in [0.717, 1.165) is 34.3 Å². The molecule has 1 aliphatic heterocycles. The van der Waals surface area contributed by atoms with E-state index in [1.54, 1.807) is 0 Å². The quantitative estimate of drug-likeness (QED) is 0.171. The van der Waals surface area contributed by atoms with Crippen LogP contribution in [0.25, 0.3) is 72.4 Å². The molecule has 1 saturated heterocycles. The van der Waals surface area contributed by atoms with Crippen LogP contribution in [0, 0.1) is 0 Å². The van der Waals surface area contributed by atoms with E-state index in [1.807, 2.05) is 18.2 Å². The molecular formula is C52H38O2S. The maximum atomic E-state index is 6.22. The van der Waals surface area contributed by atoms with E-state index in [-0.39, 0.29) is 0 Å². The van der Waals surface area contributed by atoms with Crippen LogP contribution in [0.1, 0.15) is 57.3 Å². The summed E-state index contributed by atoms with van der Waals surface area (Å²) < 4.78 is 12.4. The highest BCUT2D eigenvalue weighted by molar-refractivity contribution is 8.00. The topological polar surface area (TPSA) is 26.3 Å². The first-order chi connectivity index (χ1) is 27.2. The minimum atomic E-state index is 0.330. The van der Waals surface area contributed by atoms with E-state index < -0.39 is 0 Å². The summed E-state index contributed by atoms with van der Waals surface area (Å²) in [5.41, 5.74) is 15.6. The number of rotatable bonds is 6. The minimum Gasteiger partial charge on any atom is -0.460 e. The third-order valence-electron chi connectivity index (χ3n) is 11.8. The van der Waals surface area contributed by atoms with Gasteiger partial charge in [0.2, 0.25) is 0 Å². The van der Waals surface area contributed by atoms with Gasteiger partial charge in [0.1, 0.15) is 22.5 Å². The molecule has 1 fully saturated rings. The van der Waals surface area contributed by atoms with Crippen LogP contribution in [-0.4, -0.2) is 0 Å². The molecule has 2 aliphatic rings. The Morgan fingerprint density at radius 1 is 0.418 bits per heavy atom. The molecule has 1 aliphatic carbocycles. The van der Waals surface area contributed by atoms with E-state index in [2.05, 4.69) is 170 Å². The predicted octanol–water partition coefficient (Wildman–Crippen LogP) is 15.0. The summed E-state index contributed by atoms with van der Waals surface area (Å²) in [6.45, 7) is 0. The lowest BCUT2D eigenvalue weighted by molar-refractivity contribution is 0.532. The molecule has 3 heteroatoms. The minimum absolute atomic E-state index is 0.330. The van der Waals surface area contributed by atoms with Crippen molar-refractivity contribution in [2.24, 2.45) is 0 Å². The van der Waals surface area contributed by atoms with Gasteiger partial charge in [-0.25, -0.2) is 0 Å². The van der Waals surface area contributed by atoms with E-state index in [1.165, 1.54) is 79.2 Å². The smallest absolute Gasteiger partial charge is 0.136 e. The number of fused-ring (bicyclic) bond motifs is 6. The van der Waals surface area contributed by atoms with Crippen molar-refractivity contribution >= 4 is 50.7 Å². The van der Waals surface area contributed by atoms with Gasteiger partial charge in [0.15, 0.2) is 0 Å². The SMILES string of the molecule is C1=CC(c2ccc(-c3ccc(C4CCC(c5ccc(-c6ccc(-c7ccc8c(c7)oc7ccccc78)cc6)cc5)S4)cc3)cc2)Cc2oc3ccccc3c21. The van der Waals surface area contributed by atoms with Gasteiger partial charge in [0.25, 0.3) is 0 Å². The summed E-state index contributed by atoms with van der Waals surface area (Å²) in [4.78, 5) is 0. The summed E-state index contributed by atoms with van der Waals surface area (Å²) >= 11 is 2.11. The molecule has 9 aromatic rings. The number of hydrogen-bond acceptors (Lipinski definition) is 3. The van der Waals surface area contributed by atoms with E-state index in [4.69, 9.17) is 8.83 Å². The molecule has 0 spiro atoms. The Morgan fingerprint density at radius 2 is 0.891 bits per heavy atom. The normalized spacial score (nSPS) is 18.0. The van der Waals surface area contributed by atoms with Crippen LogP contribution in [0.4, 0.5) is 0 Å². The van der Waals surface area contributed by atoms with Gasteiger partial charge in [-0.15, -0.1) is 11.8 Å². The fourth-order valence-electron chi connectivity index (χ4n) is 8.75. The van der Waals surface area contributed by atoms with Crippen LogP contribution < -0.4 is 0 Å². The first kappa shape index (κ1) is 32.4. The monoisotopic (exact) mass is 726 g/mol. The van der Waals surface area contributed by atoms with Crippen molar-refractivity contribution in [2.75, 3.05) is 0 Å². The molecule has 7 aromatic carbocycles. The zero-order chi connectivity index (χ0) is 36.3. The number of benzene rings is 7. The Hall–Kier alpha value is -6.03. The lowest BCUT2D eigenvalue weighted by atomic mass is 9.87. The Labute approximate surface area is 325 Å². The molecule has 0 bridgehead atoms. The molecular weight excluding hydrogens is 689 g/mol. The summed E-state index contributed by atoms with van der Waals surface area (Å²) in [6.07, 6.45) is 7.88. The highest BCUT2D eigenvalue weighted by Gasteiger charge is 2.28. The fourth-order valence-corrected chi connectivity index (χ4v) is 10.3. The Balaban J connectivity index is 0.726. The number of thioether (sulfide) groups is 1. The molecule has 0 N–H and O–H groups in total. The maximum Gasteiger partial charge on any atom is 0.136 e. The van der Waals surface area contributed by atoms with Crippen molar-refractivity contribution in [2.45, 2.75) is 35.7 Å². The average molecular weight is 727 g/mol. The largest absolute Gasteiger partial charge is 0.460 e. The van der Waals surface area contributed by atoms with Gasteiger partial charge in [0, 0.05) is 44.6 Å². The Kier molecular flexibility index (Phi) is 7.88. The van der Waals surface area contributed by atoms with E-state index in [9.17, 15) is 0 Å². The van der Waals surface area contributed by atoms with Gasteiger partial charge in [0.05, 0.1) is 0 Å². The van der Waals surface area contributed by atoms with E-state index in [0.29, 0.717) is 16.4 Å². The van der Waals surface area contributed by atoms with Crippen molar-refractivity contribution < 1.29 is 8.83 Å².